The van der Waals surface area contributed by atoms with E-state index in [4.69, 9.17) is 4.42 Å². The van der Waals surface area contributed by atoms with E-state index in [-0.39, 0.29) is 5.76 Å². The molecule has 25 heavy (non-hydrogen) atoms. The summed E-state index contributed by atoms with van der Waals surface area (Å²) in [4.78, 5) is 0. The minimum absolute atomic E-state index is 0.128. The zero-order valence-corrected chi connectivity index (χ0v) is 13.5. The molecule has 0 atom stereocenters. The summed E-state index contributed by atoms with van der Waals surface area (Å²) in [6.07, 6.45) is -5.87. The fourth-order valence-electron chi connectivity index (χ4n) is 1.62. The van der Waals surface area contributed by atoms with Crippen LogP contribution in [0.15, 0.2) is 50.4 Å². The largest absolute Gasteiger partial charge is 0.462 e. The van der Waals surface area contributed by atoms with Crippen molar-refractivity contribution in [1.82, 2.24) is 5.43 Å². The molecule has 0 radical (unpaired) electrons. The van der Waals surface area contributed by atoms with Crippen LogP contribution >= 0.6 is 15.9 Å². The molecule has 1 heterocycles. The van der Waals surface area contributed by atoms with Gasteiger partial charge in [-0.1, -0.05) is 28.1 Å². The SMILES string of the molecule is FC(F)(F)C(F)(F)C(F)(F)N/N=C\c1ccc(-c2ccc(Br)cc2)o1. The zero-order valence-electron chi connectivity index (χ0n) is 11.9. The summed E-state index contributed by atoms with van der Waals surface area (Å²) in [5, 5.41) is 2.71. The van der Waals surface area contributed by atoms with Gasteiger partial charge in [-0.15, -0.1) is 0 Å². The maximum atomic E-state index is 13.0. The summed E-state index contributed by atoms with van der Waals surface area (Å²) < 4.78 is 93.2. The number of hydrazone groups is 1. The number of nitrogens with one attached hydrogen (secondary N) is 1. The lowest BCUT2D eigenvalue weighted by molar-refractivity contribution is -0.361. The van der Waals surface area contributed by atoms with E-state index in [1.807, 2.05) is 0 Å². The second-order valence-corrected chi connectivity index (χ2v) is 5.64. The van der Waals surface area contributed by atoms with Gasteiger partial charge in [0.25, 0.3) is 0 Å². The number of alkyl halides is 7. The van der Waals surface area contributed by atoms with Crippen molar-refractivity contribution >= 4 is 22.1 Å². The number of rotatable bonds is 5. The van der Waals surface area contributed by atoms with Crippen LogP contribution in [0.1, 0.15) is 5.76 Å². The first-order chi connectivity index (χ1) is 11.4. The van der Waals surface area contributed by atoms with E-state index < -0.39 is 18.1 Å². The van der Waals surface area contributed by atoms with Gasteiger partial charge in [0.1, 0.15) is 11.5 Å². The molecule has 0 aliphatic carbocycles. The molecule has 0 spiro atoms. The molecule has 1 N–H and O–H groups in total. The predicted octanol–water partition coefficient (Wildman–Crippen LogP) is 5.42. The molecule has 136 valence electrons. The summed E-state index contributed by atoms with van der Waals surface area (Å²) in [6, 6.07) is 3.90. The third kappa shape index (κ3) is 4.14. The van der Waals surface area contributed by atoms with E-state index in [0.29, 0.717) is 23.0 Å². The Morgan fingerprint density at radius 3 is 2.08 bits per heavy atom. The van der Waals surface area contributed by atoms with Crippen LogP contribution in [0.2, 0.25) is 0 Å². The molecule has 0 saturated carbocycles. The van der Waals surface area contributed by atoms with Crippen molar-refractivity contribution in [3.63, 3.8) is 0 Å². The van der Waals surface area contributed by atoms with E-state index in [2.05, 4.69) is 21.0 Å². The number of furan rings is 1. The third-order valence-corrected chi connectivity index (χ3v) is 3.43. The summed E-state index contributed by atoms with van der Waals surface area (Å²) in [6.45, 7) is 0. The van der Waals surface area contributed by atoms with E-state index in [0.717, 1.165) is 4.47 Å². The fourth-order valence-corrected chi connectivity index (χ4v) is 1.88. The van der Waals surface area contributed by atoms with Crippen molar-refractivity contribution in [3.05, 3.63) is 46.6 Å². The first kappa shape index (κ1) is 19.3. The van der Waals surface area contributed by atoms with Crippen LogP contribution in [0, 0.1) is 0 Å². The Balaban J connectivity index is 2.09. The normalized spacial score (nSPS) is 13.4. The minimum atomic E-state index is -6.43. The van der Waals surface area contributed by atoms with Crippen LogP contribution in [0.25, 0.3) is 11.3 Å². The standard InChI is InChI=1S/C14H8BrF7N2O/c15-9-3-1-8(2-4-9)11-6-5-10(25-11)7-23-24-14(21,22)12(16,17)13(18,19)20/h1-7,24H/b23-7-. The van der Waals surface area contributed by atoms with Crippen LogP contribution < -0.4 is 5.43 Å². The number of hydrogen-bond acceptors (Lipinski definition) is 3. The van der Waals surface area contributed by atoms with E-state index in [1.54, 1.807) is 24.3 Å². The third-order valence-electron chi connectivity index (χ3n) is 2.90. The molecular formula is C14H8BrF7N2O. The molecule has 2 aromatic rings. The van der Waals surface area contributed by atoms with Gasteiger partial charge in [-0.05, 0) is 24.3 Å². The van der Waals surface area contributed by atoms with Crippen molar-refractivity contribution in [2.75, 3.05) is 0 Å². The highest BCUT2D eigenvalue weighted by Gasteiger charge is 2.73. The van der Waals surface area contributed by atoms with E-state index >= 15 is 0 Å². The molecule has 3 nitrogen and oxygen atoms in total. The molecule has 0 bridgehead atoms. The number of benzene rings is 1. The van der Waals surface area contributed by atoms with Crippen LogP contribution in [0.5, 0.6) is 0 Å². The van der Waals surface area contributed by atoms with Crippen molar-refractivity contribution < 1.29 is 35.2 Å². The predicted molar refractivity (Wildman–Crippen MR) is 78.5 cm³/mol. The molecule has 0 amide bonds. The average molecular weight is 433 g/mol. The van der Waals surface area contributed by atoms with Crippen molar-refractivity contribution in [1.29, 1.82) is 0 Å². The van der Waals surface area contributed by atoms with Gasteiger partial charge in [-0.3, -0.25) is 0 Å². The van der Waals surface area contributed by atoms with Gasteiger partial charge in [0, 0.05) is 10.0 Å². The fraction of sp³-hybridized carbons (Fsp3) is 0.214. The van der Waals surface area contributed by atoms with Gasteiger partial charge in [0.15, 0.2) is 0 Å². The smallest absolute Gasteiger partial charge is 0.455 e. The summed E-state index contributed by atoms with van der Waals surface area (Å²) in [5.74, 6) is -6.10. The summed E-state index contributed by atoms with van der Waals surface area (Å²) in [7, 11) is 0. The van der Waals surface area contributed by atoms with Gasteiger partial charge in [0.2, 0.25) is 0 Å². The molecule has 0 aliphatic rings. The quantitative estimate of drug-likeness (QED) is 0.296. The van der Waals surface area contributed by atoms with Crippen LogP contribution in [-0.4, -0.2) is 24.4 Å². The molecule has 1 aromatic heterocycles. The molecule has 0 fully saturated rings. The Morgan fingerprint density at radius 1 is 0.920 bits per heavy atom. The van der Waals surface area contributed by atoms with Crippen LogP contribution in [0.3, 0.4) is 0 Å². The van der Waals surface area contributed by atoms with Crippen molar-refractivity contribution in [2.24, 2.45) is 5.10 Å². The molecule has 0 unspecified atom stereocenters. The number of nitrogens with zero attached hydrogens (tertiary/aromatic N) is 1. The van der Waals surface area contributed by atoms with Crippen LogP contribution in [0.4, 0.5) is 30.7 Å². The first-order valence-corrected chi connectivity index (χ1v) is 7.22. The van der Waals surface area contributed by atoms with Gasteiger partial charge in [-0.2, -0.15) is 35.8 Å². The van der Waals surface area contributed by atoms with Gasteiger partial charge < -0.3 is 4.42 Å². The highest BCUT2D eigenvalue weighted by molar-refractivity contribution is 9.10. The second kappa shape index (κ2) is 6.70. The molecular weight excluding hydrogens is 425 g/mol. The van der Waals surface area contributed by atoms with Crippen molar-refractivity contribution in [2.45, 2.75) is 18.1 Å². The Bertz CT molecular complexity index is 753. The van der Waals surface area contributed by atoms with Crippen LogP contribution in [-0.2, 0) is 0 Å². The lowest BCUT2D eigenvalue weighted by atomic mass is 10.2. The Kier molecular flexibility index (Phi) is 5.17. The highest BCUT2D eigenvalue weighted by atomic mass is 79.9. The second-order valence-electron chi connectivity index (χ2n) is 4.73. The molecule has 0 saturated heterocycles. The lowest BCUT2D eigenvalue weighted by Gasteiger charge is -2.27. The average Bonchev–Trinajstić information content (AvgIpc) is 2.95. The van der Waals surface area contributed by atoms with E-state index in [1.165, 1.54) is 12.1 Å². The summed E-state index contributed by atoms with van der Waals surface area (Å²) >= 11 is 3.23. The maximum absolute atomic E-state index is 13.0. The van der Waals surface area contributed by atoms with E-state index in [9.17, 15) is 30.7 Å². The lowest BCUT2D eigenvalue weighted by Crippen LogP contribution is -2.58. The molecule has 2 rings (SSSR count). The minimum Gasteiger partial charge on any atom is -0.455 e. The first-order valence-electron chi connectivity index (χ1n) is 6.42. The molecule has 11 heteroatoms. The topological polar surface area (TPSA) is 37.5 Å². The van der Waals surface area contributed by atoms with Gasteiger partial charge in [0.05, 0.1) is 6.21 Å². The molecule has 0 aliphatic heterocycles. The Labute approximate surface area is 144 Å². The zero-order chi connectivity index (χ0) is 18.9. The molecule has 1 aromatic carbocycles. The number of halogens is 8. The highest BCUT2D eigenvalue weighted by Crippen LogP contribution is 2.44. The van der Waals surface area contributed by atoms with Gasteiger partial charge >= 0.3 is 18.1 Å². The number of hydrogen-bond donors (Lipinski definition) is 1. The monoisotopic (exact) mass is 432 g/mol. The summed E-state index contributed by atoms with van der Waals surface area (Å²) in [5.41, 5.74) is 1.14. The Morgan fingerprint density at radius 2 is 1.52 bits per heavy atom. The van der Waals surface area contributed by atoms with Crippen molar-refractivity contribution in [3.8, 4) is 11.3 Å². The maximum Gasteiger partial charge on any atom is 0.462 e. The van der Waals surface area contributed by atoms with Gasteiger partial charge in [-0.25, -0.2) is 5.43 Å². The Hall–Kier alpha value is -2.04.